The Labute approximate surface area is 193 Å². The first-order chi connectivity index (χ1) is 15.3. The van der Waals surface area contributed by atoms with Gasteiger partial charge in [0.1, 0.15) is 12.2 Å². The van der Waals surface area contributed by atoms with Gasteiger partial charge >= 0.3 is 18.5 Å². The van der Waals surface area contributed by atoms with Crippen LogP contribution in [0.3, 0.4) is 0 Å². The second-order valence-corrected chi connectivity index (χ2v) is 10.0. The van der Waals surface area contributed by atoms with E-state index in [1.165, 1.54) is 0 Å². The van der Waals surface area contributed by atoms with Gasteiger partial charge in [0.25, 0.3) is 0 Å². The number of nitrogens with zero attached hydrogens (tertiary/aromatic N) is 4. The molecule has 2 aromatic heterocycles. The van der Waals surface area contributed by atoms with Crippen molar-refractivity contribution < 1.29 is 40.6 Å². The molecule has 0 aromatic carbocycles. The molecule has 0 bridgehead atoms. The molecule has 13 heteroatoms. The van der Waals surface area contributed by atoms with Gasteiger partial charge in [0.15, 0.2) is 11.4 Å². The number of ether oxygens (including phenoxy) is 2. The smallest absolute Gasteiger partial charge is 0.428 e. The van der Waals surface area contributed by atoms with Crippen molar-refractivity contribution in [2.75, 3.05) is 0 Å². The second kappa shape index (κ2) is 9.49. The number of aromatic nitrogens is 4. The molecule has 2 rings (SSSR count). The van der Waals surface area contributed by atoms with Crippen LogP contribution >= 0.6 is 0 Å². The Morgan fingerprint density at radius 2 is 1.09 bits per heavy atom. The van der Waals surface area contributed by atoms with Gasteiger partial charge in [-0.15, -0.1) is 0 Å². The van der Waals surface area contributed by atoms with Crippen molar-refractivity contribution in [3.63, 3.8) is 0 Å². The van der Waals surface area contributed by atoms with Gasteiger partial charge in [-0.1, -0.05) is 41.5 Å². The summed E-state index contributed by atoms with van der Waals surface area (Å²) in [7, 11) is 0. The van der Waals surface area contributed by atoms with Crippen LogP contribution in [0.2, 0.25) is 0 Å². The first-order valence-corrected chi connectivity index (χ1v) is 10.4. The van der Waals surface area contributed by atoms with E-state index in [4.69, 9.17) is 9.47 Å². The van der Waals surface area contributed by atoms with E-state index in [0.717, 1.165) is 33.9 Å². The number of hydrogen-bond donors (Lipinski definition) is 0. The fraction of sp³-hybridized carbons (Fsp3) is 0.667. The maximum atomic E-state index is 12.8. The largest absolute Gasteiger partial charge is 0.508 e. The molecule has 2 heterocycles. The quantitative estimate of drug-likeness (QED) is 0.372. The lowest BCUT2D eigenvalue weighted by Gasteiger charge is -2.33. The Hall–Kier alpha value is -2.73. The maximum absolute atomic E-state index is 12.8. The molecule has 0 aliphatic heterocycles. The van der Waals surface area contributed by atoms with Crippen LogP contribution in [-0.4, -0.2) is 37.9 Å². The van der Waals surface area contributed by atoms with Gasteiger partial charge in [-0.2, -0.15) is 36.5 Å². The predicted octanol–water partition coefficient (Wildman–Crippen LogP) is 5.80. The predicted molar refractivity (Wildman–Crippen MR) is 109 cm³/mol. The van der Waals surface area contributed by atoms with Crippen LogP contribution in [-0.2, 0) is 34.9 Å². The SMILES string of the molecule is CC(C)(C)[C@@H](Cn1ccc(C(F)(F)F)n1)OC(=O)O[C@H](Cn1ccc(C(F)(F)F)n1)C(C)(C)C. The summed E-state index contributed by atoms with van der Waals surface area (Å²) in [6.07, 6.45) is -9.90. The average Bonchev–Trinajstić information content (AvgIpc) is 3.27. The monoisotopic (exact) mass is 498 g/mol. The molecule has 0 saturated carbocycles. The minimum absolute atomic E-state index is 0.164. The van der Waals surface area contributed by atoms with E-state index in [9.17, 15) is 31.1 Å². The molecular formula is C21H28F6N4O3. The maximum Gasteiger partial charge on any atom is 0.508 e. The van der Waals surface area contributed by atoms with Gasteiger partial charge in [-0.05, 0) is 12.1 Å². The minimum Gasteiger partial charge on any atom is -0.428 e. The molecule has 2 aromatic rings. The Kier molecular flexibility index (Phi) is 7.68. The number of rotatable bonds is 6. The molecule has 0 aliphatic carbocycles. The van der Waals surface area contributed by atoms with Crippen LogP contribution in [0.15, 0.2) is 24.5 Å². The molecule has 192 valence electrons. The summed E-state index contributed by atoms with van der Waals surface area (Å²) in [6, 6.07) is 1.62. The number of carbonyl (C=O) groups excluding carboxylic acids is 1. The summed E-state index contributed by atoms with van der Waals surface area (Å²) < 4.78 is 89.9. The van der Waals surface area contributed by atoms with Crippen molar-refractivity contribution >= 4 is 6.16 Å². The van der Waals surface area contributed by atoms with Crippen LogP contribution in [0.25, 0.3) is 0 Å². The van der Waals surface area contributed by atoms with E-state index in [0.29, 0.717) is 0 Å². The number of hydrogen-bond acceptors (Lipinski definition) is 5. The normalized spacial score (nSPS) is 15.2. The van der Waals surface area contributed by atoms with Crippen LogP contribution in [0.4, 0.5) is 31.1 Å². The van der Waals surface area contributed by atoms with Crippen LogP contribution < -0.4 is 0 Å². The van der Waals surface area contributed by atoms with Crippen molar-refractivity contribution in [1.29, 1.82) is 0 Å². The number of alkyl halides is 6. The summed E-state index contributed by atoms with van der Waals surface area (Å²) >= 11 is 0. The molecule has 0 aliphatic rings. The lowest BCUT2D eigenvalue weighted by molar-refractivity contribution is -0.142. The van der Waals surface area contributed by atoms with Crippen molar-refractivity contribution in [1.82, 2.24) is 19.6 Å². The fourth-order valence-corrected chi connectivity index (χ4v) is 2.80. The van der Waals surface area contributed by atoms with Crippen LogP contribution in [0.1, 0.15) is 52.9 Å². The summed E-state index contributed by atoms with van der Waals surface area (Å²) in [6.45, 7) is 10.0. The number of carbonyl (C=O) groups is 1. The fourth-order valence-electron chi connectivity index (χ4n) is 2.80. The molecule has 0 amide bonds. The highest BCUT2D eigenvalue weighted by Crippen LogP contribution is 2.31. The van der Waals surface area contributed by atoms with Crippen molar-refractivity contribution in [3.8, 4) is 0 Å². The first-order valence-electron chi connectivity index (χ1n) is 10.4. The highest BCUT2D eigenvalue weighted by Gasteiger charge is 2.37. The molecule has 7 nitrogen and oxygen atoms in total. The topological polar surface area (TPSA) is 71.2 Å². The molecule has 2 atom stereocenters. The van der Waals surface area contributed by atoms with Crippen molar-refractivity contribution in [2.24, 2.45) is 10.8 Å². The van der Waals surface area contributed by atoms with Crippen molar-refractivity contribution in [3.05, 3.63) is 35.9 Å². The summed E-state index contributed by atoms with van der Waals surface area (Å²) in [5.41, 5.74) is -3.53. The van der Waals surface area contributed by atoms with Gasteiger partial charge in [-0.3, -0.25) is 9.36 Å². The number of halogens is 6. The third kappa shape index (κ3) is 7.66. The highest BCUT2D eigenvalue weighted by atomic mass is 19.4. The van der Waals surface area contributed by atoms with E-state index in [1.807, 2.05) is 0 Å². The molecule has 0 N–H and O–H groups in total. The van der Waals surface area contributed by atoms with Gasteiger partial charge in [-0.25, -0.2) is 4.79 Å². The van der Waals surface area contributed by atoms with E-state index < -0.39 is 52.9 Å². The molecular weight excluding hydrogens is 470 g/mol. The zero-order valence-electron chi connectivity index (χ0n) is 19.7. The van der Waals surface area contributed by atoms with Gasteiger partial charge in [0.2, 0.25) is 0 Å². The van der Waals surface area contributed by atoms with Gasteiger partial charge in [0, 0.05) is 23.2 Å². The molecule has 0 unspecified atom stereocenters. The van der Waals surface area contributed by atoms with Crippen LogP contribution in [0.5, 0.6) is 0 Å². The third-order valence-electron chi connectivity index (χ3n) is 4.98. The standard InChI is InChI=1S/C21H28F6N4O3/c1-18(2,3)15(11-30-9-7-13(28-30)20(22,23)24)33-17(32)34-16(19(4,5)6)12-31-10-8-14(29-31)21(25,26)27/h7-10,15-16H,11-12H2,1-6H3/t15-,16-/m1/s1. The van der Waals surface area contributed by atoms with E-state index in [-0.39, 0.29) is 13.1 Å². The Morgan fingerprint density at radius 3 is 1.32 bits per heavy atom. The molecule has 0 spiro atoms. The molecule has 0 saturated heterocycles. The van der Waals surface area contributed by atoms with Gasteiger partial charge < -0.3 is 9.47 Å². The summed E-state index contributed by atoms with van der Waals surface area (Å²) in [4.78, 5) is 12.6. The zero-order valence-corrected chi connectivity index (χ0v) is 19.7. The van der Waals surface area contributed by atoms with E-state index >= 15 is 0 Å². The Morgan fingerprint density at radius 1 is 0.765 bits per heavy atom. The summed E-state index contributed by atoms with van der Waals surface area (Å²) in [5, 5.41) is 6.95. The highest BCUT2D eigenvalue weighted by molar-refractivity contribution is 5.60. The molecule has 0 radical (unpaired) electrons. The minimum atomic E-state index is -4.61. The average molecular weight is 498 g/mol. The van der Waals surface area contributed by atoms with Gasteiger partial charge in [0.05, 0.1) is 13.1 Å². The lowest BCUT2D eigenvalue weighted by atomic mass is 9.88. The van der Waals surface area contributed by atoms with Crippen LogP contribution in [0, 0.1) is 10.8 Å². The Bertz CT molecular complexity index is 891. The zero-order chi connectivity index (χ0) is 26.1. The lowest BCUT2D eigenvalue weighted by Crippen LogP contribution is -2.40. The Balaban J connectivity index is 2.13. The van der Waals surface area contributed by atoms with Crippen molar-refractivity contribution in [2.45, 2.75) is 79.2 Å². The first kappa shape index (κ1) is 27.5. The second-order valence-electron chi connectivity index (χ2n) is 10.0. The van der Waals surface area contributed by atoms with E-state index in [2.05, 4.69) is 10.2 Å². The third-order valence-corrected chi connectivity index (χ3v) is 4.98. The van der Waals surface area contributed by atoms with E-state index in [1.54, 1.807) is 41.5 Å². The molecule has 0 fully saturated rings. The molecule has 34 heavy (non-hydrogen) atoms. The summed E-state index contributed by atoms with van der Waals surface area (Å²) in [5.74, 6) is 0.